The molecule has 0 N–H and O–H groups in total. The van der Waals surface area contributed by atoms with E-state index in [4.69, 9.17) is 16.3 Å². The summed E-state index contributed by atoms with van der Waals surface area (Å²) < 4.78 is 19.9. The molecule has 0 aromatic heterocycles. The maximum Gasteiger partial charge on any atom is 0.125 e. The van der Waals surface area contributed by atoms with E-state index in [-0.39, 0.29) is 11.7 Å². The molecule has 0 spiro atoms. The van der Waals surface area contributed by atoms with Gasteiger partial charge in [0.2, 0.25) is 0 Å². The summed E-state index contributed by atoms with van der Waals surface area (Å²) in [5.74, 6) is 1.41. The van der Waals surface area contributed by atoms with E-state index in [1.54, 1.807) is 12.1 Å². The molecule has 0 aliphatic carbocycles. The lowest BCUT2D eigenvalue weighted by Crippen LogP contribution is -2.06. The van der Waals surface area contributed by atoms with Gasteiger partial charge >= 0.3 is 0 Å². The van der Waals surface area contributed by atoms with Gasteiger partial charge in [-0.25, -0.2) is 4.39 Å². The Hall–Kier alpha value is -1.06. The van der Waals surface area contributed by atoms with Crippen molar-refractivity contribution in [3.63, 3.8) is 0 Å². The second kappa shape index (κ2) is 6.37. The third kappa shape index (κ3) is 3.24. The molecule has 1 unspecified atom stereocenters. The van der Waals surface area contributed by atoms with Crippen molar-refractivity contribution in [1.29, 1.82) is 0 Å². The standard InChI is InChI=1S/C17H15BrClFO/c18-15-8-12-5-6-21-17(12)13(9-15)7-14(10-19)11-1-3-16(20)4-2-11/h1-4,8-9,14H,5-7,10H2. The van der Waals surface area contributed by atoms with Crippen LogP contribution in [0.2, 0.25) is 0 Å². The number of hydrogen-bond donors (Lipinski definition) is 0. The molecule has 2 aromatic rings. The number of halogens is 3. The summed E-state index contributed by atoms with van der Waals surface area (Å²) >= 11 is 9.69. The molecule has 0 amide bonds. The van der Waals surface area contributed by atoms with Crippen molar-refractivity contribution < 1.29 is 9.13 Å². The zero-order valence-electron chi connectivity index (χ0n) is 11.4. The van der Waals surface area contributed by atoms with Crippen molar-refractivity contribution in [2.75, 3.05) is 12.5 Å². The molecular weight excluding hydrogens is 355 g/mol. The van der Waals surface area contributed by atoms with E-state index in [1.165, 1.54) is 17.7 Å². The number of ether oxygens (including phenoxy) is 1. The lowest BCUT2D eigenvalue weighted by molar-refractivity contribution is 0.352. The Morgan fingerprint density at radius 2 is 2.00 bits per heavy atom. The van der Waals surface area contributed by atoms with Gasteiger partial charge in [0.1, 0.15) is 11.6 Å². The largest absolute Gasteiger partial charge is 0.493 e. The molecule has 110 valence electrons. The summed E-state index contributed by atoms with van der Waals surface area (Å²) in [4.78, 5) is 0. The van der Waals surface area contributed by atoms with Gasteiger partial charge in [-0.1, -0.05) is 28.1 Å². The van der Waals surface area contributed by atoms with Gasteiger partial charge in [0.25, 0.3) is 0 Å². The third-order valence-corrected chi connectivity index (χ3v) is 4.65. The van der Waals surface area contributed by atoms with Crippen LogP contribution in [0.3, 0.4) is 0 Å². The Kier molecular flexibility index (Phi) is 4.51. The van der Waals surface area contributed by atoms with Crippen LogP contribution in [0.1, 0.15) is 22.6 Å². The van der Waals surface area contributed by atoms with E-state index in [1.807, 2.05) is 0 Å². The molecule has 4 heteroatoms. The number of alkyl halides is 1. The maximum atomic E-state index is 13.1. The molecule has 0 bridgehead atoms. The lowest BCUT2D eigenvalue weighted by Gasteiger charge is -2.17. The number of rotatable bonds is 4. The normalized spacial score (nSPS) is 14.6. The molecule has 1 heterocycles. The molecule has 1 atom stereocenters. The van der Waals surface area contributed by atoms with Crippen LogP contribution in [0, 0.1) is 5.82 Å². The zero-order valence-corrected chi connectivity index (χ0v) is 13.8. The summed E-state index contributed by atoms with van der Waals surface area (Å²) in [5, 5.41) is 0. The van der Waals surface area contributed by atoms with E-state index < -0.39 is 0 Å². The molecule has 21 heavy (non-hydrogen) atoms. The monoisotopic (exact) mass is 368 g/mol. The highest BCUT2D eigenvalue weighted by molar-refractivity contribution is 9.10. The summed E-state index contributed by atoms with van der Waals surface area (Å²) in [6, 6.07) is 10.8. The average Bonchev–Trinajstić information content (AvgIpc) is 2.94. The average molecular weight is 370 g/mol. The molecule has 2 aromatic carbocycles. The van der Waals surface area contributed by atoms with Crippen LogP contribution in [0.5, 0.6) is 5.75 Å². The Morgan fingerprint density at radius 3 is 2.71 bits per heavy atom. The molecule has 0 fully saturated rings. The van der Waals surface area contributed by atoms with Crippen molar-refractivity contribution in [1.82, 2.24) is 0 Å². The van der Waals surface area contributed by atoms with Crippen LogP contribution in [0.4, 0.5) is 4.39 Å². The Balaban J connectivity index is 1.89. The Labute approximate surface area is 137 Å². The third-order valence-electron chi connectivity index (χ3n) is 3.82. The van der Waals surface area contributed by atoms with Crippen molar-refractivity contribution >= 4 is 27.5 Å². The van der Waals surface area contributed by atoms with Crippen molar-refractivity contribution in [3.05, 3.63) is 63.4 Å². The SMILES string of the molecule is Fc1ccc(C(CCl)Cc2cc(Br)cc3c2OCC3)cc1. The van der Waals surface area contributed by atoms with Gasteiger partial charge in [-0.3, -0.25) is 0 Å². The molecular formula is C17H15BrClFO. The van der Waals surface area contributed by atoms with Crippen LogP contribution in [-0.4, -0.2) is 12.5 Å². The van der Waals surface area contributed by atoms with Gasteiger partial charge in [-0.05, 0) is 47.4 Å². The van der Waals surface area contributed by atoms with Crippen LogP contribution in [0.15, 0.2) is 40.9 Å². The molecule has 0 saturated carbocycles. The van der Waals surface area contributed by atoms with Gasteiger partial charge < -0.3 is 4.74 Å². The van der Waals surface area contributed by atoms with Crippen LogP contribution in [0.25, 0.3) is 0 Å². The Morgan fingerprint density at radius 1 is 1.24 bits per heavy atom. The highest BCUT2D eigenvalue weighted by Crippen LogP contribution is 2.36. The first kappa shape index (κ1) is 14.9. The van der Waals surface area contributed by atoms with Crippen molar-refractivity contribution in [2.45, 2.75) is 18.8 Å². The minimum Gasteiger partial charge on any atom is -0.493 e. The van der Waals surface area contributed by atoms with Gasteiger partial charge in [0.05, 0.1) is 6.61 Å². The molecule has 1 aliphatic rings. The van der Waals surface area contributed by atoms with Crippen LogP contribution < -0.4 is 4.74 Å². The molecule has 1 aliphatic heterocycles. The molecule has 0 saturated heterocycles. The van der Waals surface area contributed by atoms with Crippen molar-refractivity contribution in [2.24, 2.45) is 0 Å². The Bertz CT molecular complexity index is 642. The zero-order chi connectivity index (χ0) is 14.8. The van der Waals surface area contributed by atoms with Crippen molar-refractivity contribution in [3.8, 4) is 5.75 Å². The summed E-state index contributed by atoms with van der Waals surface area (Å²) in [6.45, 7) is 0.737. The maximum absolute atomic E-state index is 13.1. The second-order valence-corrected chi connectivity index (χ2v) is 6.48. The fraction of sp³-hybridized carbons (Fsp3) is 0.294. The summed E-state index contributed by atoms with van der Waals surface area (Å²) in [5.41, 5.74) is 3.46. The number of fused-ring (bicyclic) bond motifs is 1. The molecule has 1 nitrogen and oxygen atoms in total. The highest BCUT2D eigenvalue weighted by Gasteiger charge is 2.20. The van der Waals surface area contributed by atoms with E-state index in [2.05, 4.69) is 28.1 Å². The van der Waals surface area contributed by atoms with Gasteiger partial charge in [-0.15, -0.1) is 11.6 Å². The predicted octanol–water partition coefficient (Wildman–Crippen LogP) is 5.09. The number of hydrogen-bond acceptors (Lipinski definition) is 1. The quantitative estimate of drug-likeness (QED) is 0.682. The predicted molar refractivity (Wildman–Crippen MR) is 86.9 cm³/mol. The molecule has 0 radical (unpaired) electrons. The van der Waals surface area contributed by atoms with Gasteiger partial charge in [0, 0.05) is 22.7 Å². The fourth-order valence-corrected chi connectivity index (χ4v) is 3.60. The second-order valence-electron chi connectivity index (χ2n) is 5.26. The highest BCUT2D eigenvalue weighted by atomic mass is 79.9. The van der Waals surface area contributed by atoms with Crippen LogP contribution in [-0.2, 0) is 12.8 Å². The first-order valence-corrected chi connectivity index (χ1v) is 8.25. The fourth-order valence-electron chi connectivity index (χ4n) is 2.76. The number of benzene rings is 2. The van der Waals surface area contributed by atoms with Gasteiger partial charge in [-0.2, -0.15) is 0 Å². The minimum atomic E-state index is -0.223. The van der Waals surface area contributed by atoms with E-state index in [0.29, 0.717) is 5.88 Å². The smallest absolute Gasteiger partial charge is 0.125 e. The minimum absolute atomic E-state index is 0.148. The topological polar surface area (TPSA) is 9.23 Å². The summed E-state index contributed by atoms with van der Waals surface area (Å²) in [7, 11) is 0. The summed E-state index contributed by atoms with van der Waals surface area (Å²) in [6.07, 6.45) is 1.74. The molecule has 3 rings (SSSR count). The van der Waals surface area contributed by atoms with E-state index >= 15 is 0 Å². The van der Waals surface area contributed by atoms with Crippen LogP contribution >= 0.6 is 27.5 Å². The first-order valence-electron chi connectivity index (χ1n) is 6.93. The van der Waals surface area contributed by atoms with Gasteiger partial charge in [0.15, 0.2) is 0 Å². The first-order chi connectivity index (χ1) is 10.2. The lowest BCUT2D eigenvalue weighted by atomic mass is 9.92. The van der Waals surface area contributed by atoms with E-state index in [0.717, 1.165) is 40.8 Å². The van der Waals surface area contributed by atoms with E-state index in [9.17, 15) is 4.39 Å².